The molecular formula is C11H16ClNO5S2. The first kappa shape index (κ1) is 17.4. The first-order valence-electron chi connectivity index (χ1n) is 5.76. The van der Waals surface area contributed by atoms with Crippen LogP contribution in [0.2, 0.25) is 0 Å². The topological polar surface area (TPSA) is 81.7 Å². The van der Waals surface area contributed by atoms with Crippen LogP contribution in [-0.2, 0) is 18.5 Å². The average molecular weight is 342 g/mol. The number of ether oxygens (including phenoxy) is 2. The fourth-order valence-electron chi connectivity index (χ4n) is 1.39. The van der Waals surface area contributed by atoms with E-state index in [9.17, 15) is 13.2 Å². The number of carbonyl (C=O) groups excluding carboxylic acids is 1. The van der Waals surface area contributed by atoms with Crippen LogP contribution >= 0.6 is 22.0 Å². The van der Waals surface area contributed by atoms with Crippen molar-refractivity contribution in [2.75, 3.05) is 33.5 Å². The summed E-state index contributed by atoms with van der Waals surface area (Å²) in [5.74, 6) is -0.347. The Kier molecular flexibility index (Phi) is 6.90. The van der Waals surface area contributed by atoms with Crippen molar-refractivity contribution in [3.63, 3.8) is 0 Å². The molecule has 0 aliphatic carbocycles. The Morgan fingerprint density at radius 2 is 2.10 bits per heavy atom. The molecular weight excluding hydrogens is 326 g/mol. The third-order valence-electron chi connectivity index (χ3n) is 2.32. The molecule has 0 spiro atoms. The Balaban J connectivity index is 2.49. The summed E-state index contributed by atoms with van der Waals surface area (Å²) in [4.78, 5) is 12.6. The lowest BCUT2D eigenvalue weighted by atomic mass is 10.4. The number of carbonyl (C=O) groups is 1. The maximum atomic E-state index is 11.8. The van der Waals surface area contributed by atoms with Crippen LogP contribution in [-0.4, -0.2) is 47.8 Å². The lowest BCUT2D eigenvalue weighted by Gasteiger charge is -2.04. The second-order valence-corrected chi connectivity index (χ2v) is 7.62. The van der Waals surface area contributed by atoms with Crippen LogP contribution in [0, 0.1) is 6.92 Å². The van der Waals surface area contributed by atoms with Crippen molar-refractivity contribution in [2.45, 2.75) is 11.8 Å². The van der Waals surface area contributed by atoms with E-state index in [0.29, 0.717) is 36.1 Å². The van der Waals surface area contributed by atoms with Gasteiger partial charge in [0.25, 0.3) is 15.0 Å². The van der Waals surface area contributed by atoms with Gasteiger partial charge in [-0.15, -0.1) is 11.3 Å². The van der Waals surface area contributed by atoms with Crippen LogP contribution in [0.5, 0.6) is 0 Å². The number of hydrogen-bond donors (Lipinski definition) is 1. The summed E-state index contributed by atoms with van der Waals surface area (Å²) >= 11 is 1.08. The van der Waals surface area contributed by atoms with E-state index in [0.717, 1.165) is 11.3 Å². The molecule has 1 N–H and O–H groups in total. The summed E-state index contributed by atoms with van der Waals surface area (Å²) in [6.07, 6.45) is 0. The Morgan fingerprint density at radius 3 is 2.65 bits per heavy atom. The van der Waals surface area contributed by atoms with Gasteiger partial charge in [0.1, 0.15) is 0 Å². The average Bonchev–Trinajstić information content (AvgIpc) is 2.75. The molecule has 0 saturated carbocycles. The zero-order valence-electron chi connectivity index (χ0n) is 11.1. The zero-order chi connectivity index (χ0) is 15.2. The second kappa shape index (κ2) is 7.94. The van der Waals surface area contributed by atoms with Crippen LogP contribution in [0.15, 0.2) is 11.0 Å². The minimum absolute atomic E-state index is 0.0225. The van der Waals surface area contributed by atoms with Gasteiger partial charge in [-0.2, -0.15) is 0 Å². The van der Waals surface area contributed by atoms with E-state index >= 15 is 0 Å². The molecule has 9 heteroatoms. The fraction of sp³-hybridized carbons (Fsp3) is 0.545. The molecule has 0 aliphatic heterocycles. The van der Waals surface area contributed by atoms with Gasteiger partial charge in [0.2, 0.25) is 0 Å². The molecule has 20 heavy (non-hydrogen) atoms. The third-order valence-corrected chi connectivity index (χ3v) is 4.95. The van der Waals surface area contributed by atoms with Crippen molar-refractivity contribution < 1.29 is 22.7 Å². The summed E-state index contributed by atoms with van der Waals surface area (Å²) in [7, 11) is 3.03. The van der Waals surface area contributed by atoms with Gasteiger partial charge in [0.15, 0.2) is 0 Å². The highest BCUT2D eigenvalue weighted by Gasteiger charge is 2.20. The summed E-state index contributed by atoms with van der Waals surface area (Å²) in [6, 6.07) is 1.28. The molecule has 6 nitrogen and oxygen atoms in total. The van der Waals surface area contributed by atoms with Crippen LogP contribution < -0.4 is 5.32 Å². The number of thiophene rings is 1. The van der Waals surface area contributed by atoms with E-state index < -0.39 is 9.05 Å². The van der Waals surface area contributed by atoms with Crippen molar-refractivity contribution in [3.8, 4) is 0 Å². The molecule has 0 fully saturated rings. The van der Waals surface area contributed by atoms with Crippen molar-refractivity contribution >= 4 is 37.0 Å². The van der Waals surface area contributed by atoms with Gasteiger partial charge in [-0.1, -0.05) is 0 Å². The zero-order valence-corrected chi connectivity index (χ0v) is 13.5. The van der Waals surface area contributed by atoms with Crippen LogP contribution in [0.4, 0.5) is 0 Å². The minimum atomic E-state index is -3.82. The molecule has 0 unspecified atom stereocenters. The van der Waals surface area contributed by atoms with Crippen LogP contribution in [0.1, 0.15) is 14.5 Å². The highest BCUT2D eigenvalue weighted by Crippen LogP contribution is 2.28. The molecule has 0 bridgehead atoms. The lowest BCUT2D eigenvalue weighted by molar-refractivity contribution is 0.0693. The number of hydrogen-bond acceptors (Lipinski definition) is 6. The maximum Gasteiger partial charge on any atom is 0.262 e. The smallest absolute Gasteiger partial charge is 0.262 e. The standard InChI is InChI=1S/C11H16ClNO5S2/c1-8-10(20(12,15)16)7-9(19-8)11(14)13-3-4-18-6-5-17-2/h7H,3-6H2,1-2H3,(H,13,14). The van der Waals surface area contributed by atoms with E-state index in [-0.39, 0.29) is 10.8 Å². The third kappa shape index (κ3) is 5.37. The van der Waals surface area contributed by atoms with Crippen molar-refractivity contribution in [1.29, 1.82) is 0 Å². The summed E-state index contributed by atoms with van der Waals surface area (Å²) < 4.78 is 32.5. The Bertz CT molecular complexity index is 555. The fourth-order valence-corrected chi connectivity index (χ4v) is 3.97. The monoisotopic (exact) mass is 341 g/mol. The molecule has 0 atom stereocenters. The molecule has 1 amide bonds. The Hall–Kier alpha value is -0.670. The maximum absolute atomic E-state index is 11.8. The predicted octanol–water partition coefficient (Wildman–Crippen LogP) is 1.38. The van der Waals surface area contributed by atoms with Crippen molar-refractivity contribution in [3.05, 3.63) is 15.8 Å². The summed E-state index contributed by atoms with van der Waals surface area (Å²) in [6.45, 7) is 3.25. The van der Waals surface area contributed by atoms with Gasteiger partial charge in [0.05, 0.1) is 29.6 Å². The quantitative estimate of drug-likeness (QED) is 0.570. The largest absolute Gasteiger partial charge is 0.382 e. The molecule has 0 aliphatic rings. The SMILES string of the molecule is COCCOCCNC(=O)c1cc(S(=O)(=O)Cl)c(C)s1. The van der Waals surface area contributed by atoms with Gasteiger partial charge in [-0.3, -0.25) is 4.79 Å². The molecule has 1 rings (SSSR count). The van der Waals surface area contributed by atoms with Gasteiger partial charge < -0.3 is 14.8 Å². The van der Waals surface area contributed by atoms with Crippen molar-refractivity contribution in [2.24, 2.45) is 0 Å². The molecule has 0 aromatic carbocycles. The molecule has 1 heterocycles. The number of rotatable bonds is 8. The highest BCUT2D eigenvalue weighted by molar-refractivity contribution is 8.13. The normalized spacial score (nSPS) is 11.6. The number of aryl methyl sites for hydroxylation is 1. The number of methoxy groups -OCH3 is 1. The summed E-state index contributed by atoms with van der Waals surface area (Å²) in [5, 5.41) is 2.64. The first-order valence-corrected chi connectivity index (χ1v) is 8.89. The van der Waals surface area contributed by atoms with E-state index in [1.807, 2.05) is 0 Å². The van der Waals surface area contributed by atoms with E-state index in [2.05, 4.69) is 5.32 Å². The highest BCUT2D eigenvalue weighted by atomic mass is 35.7. The number of halogens is 1. The van der Waals surface area contributed by atoms with E-state index in [4.69, 9.17) is 20.2 Å². The van der Waals surface area contributed by atoms with Gasteiger partial charge in [0, 0.05) is 29.2 Å². The van der Waals surface area contributed by atoms with Crippen LogP contribution in [0.25, 0.3) is 0 Å². The van der Waals surface area contributed by atoms with Crippen molar-refractivity contribution in [1.82, 2.24) is 5.32 Å². The molecule has 114 valence electrons. The van der Waals surface area contributed by atoms with Gasteiger partial charge in [-0.25, -0.2) is 8.42 Å². The Morgan fingerprint density at radius 1 is 1.40 bits per heavy atom. The first-order chi connectivity index (χ1) is 9.36. The Labute approximate surface area is 126 Å². The van der Waals surface area contributed by atoms with Gasteiger partial charge >= 0.3 is 0 Å². The van der Waals surface area contributed by atoms with E-state index in [1.165, 1.54) is 6.07 Å². The number of amides is 1. The molecule has 1 aromatic rings. The molecule has 0 radical (unpaired) electrons. The number of nitrogens with one attached hydrogen (secondary N) is 1. The van der Waals surface area contributed by atoms with Crippen LogP contribution in [0.3, 0.4) is 0 Å². The minimum Gasteiger partial charge on any atom is -0.382 e. The van der Waals surface area contributed by atoms with Gasteiger partial charge in [-0.05, 0) is 13.0 Å². The second-order valence-electron chi connectivity index (χ2n) is 3.83. The molecule has 0 saturated heterocycles. The van der Waals surface area contributed by atoms with E-state index in [1.54, 1.807) is 14.0 Å². The lowest BCUT2D eigenvalue weighted by Crippen LogP contribution is -2.26. The predicted molar refractivity (Wildman–Crippen MR) is 77.1 cm³/mol. The molecule has 1 aromatic heterocycles. The summed E-state index contributed by atoms with van der Waals surface area (Å²) in [5.41, 5.74) is 0.